The molecule has 11 heteroatoms. The van der Waals surface area contributed by atoms with Gasteiger partial charge in [-0.2, -0.15) is 0 Å². The van der Waals surface area contributed by atoms with Gasteiger partial charge in [-0.1, -0.05) is 35.5 Å². The van der Waals surface area contributed by atoms with Crippen molar-refractivity contribution in [3.05, 3.63) is 89.9 Å². The number of rotatable bonds is 9. The standard InChI is InChI=1S/C22H21N4O6P/c23-22-19(7-4-10-26(22)15-31-33(27,28)29)20-13-18(25-32-20)11-17-8-9-24-21(12-17)30-14-16-5-2-1-3-6-16/h1-10,12-13,23H,11,14-15H2,(H2,27,28,29). The van der Waals surface area contributed by atoms with E-state index in [-0.39, 0.29) is 5.82 Å². The Morgan fingerprint density at radius 2 is 1.94 bits per heavy atom. The number of benzene rings is 1. The van der Waals surface area contributed by atoms with Crippen molar-refractivity contribution in [1.29, 1.82) is 0 Å². The maximum absolute atomic E-state index is 10.8. The van der Waals surface area contributed by atoms with E-state index in [0.29, 0.717) is 35.9 Å². The fourth-order valence-corrected chi connectivity index (χ4v) is 3.39. The van der Waals surface area contributed by atoms with Crippen molar-refractivity contribution >= 4 is 13.6 Å². The average molecular weight is 468 g/mol. The van der Waals surface area contributed by atoms with Crippen molar-refractivity contribution in [3.63, 3.8) is 0 Å². The second kappa shape index (κ2) is 9.93. The van der Waals surface area contributed by atoms with Gasteiger partial charge in [0.15, 0.2) is 12.5 Å². The summed E-state index contributed by atoms with van der Waals surface area (Å²) >= 11 is 0. The first-order valence-corrected chi connectivity index (χ1v) is 11.4. The fraction of sp³-hybridized carbons (Fsp3) is 0.136. The molecule has 3 aromatic heterocycles. The van der Waals surface area contributed by atoms with Gasteiger partial charge in [-0.15, -0.1) is 0 Å². The van der Waals surface area contributed by atoms with Crippen LogP contribution in [0.1, 0.15) is 16.8 Å². The Hall–Kier alpha value is -3.56. The molecule has 1 atom stereocenters. The highest BCUT2D eigenvalue weighted by molar-refractivity contribution is 7.44. The quantitative estimate of drug-likeness (QED) is 0.279. The number of hydrogen-bond donors (Lipinski definition) is 2. The minimum absolute atomic E-state index is 0.189. The normalized spacial score (nSPS) is 12.9. The Balaban J connectivity index is 1.45. The molecule has 0 spiro atoms. The number of hydrogen-bond acceptors (Lipinski definition) is 8. The number of ether oxygens (including phenoxy) is 1. The number of phosphoric acid groups is 1. The van der Waals surface area contributed by atoms with E-state index in [1.807, 2.05) is 42.5 Å². The van der Waals surface area contributed by atoms with Crippen LogP contribution in [-0.2, 0) is 28.8 Å². The minimum Gasteiger partial charge on any atom is -0.756 e. The van der Waals surface area contributed by atoms with E-state index in [2.05, 4.69) is 14.7 Å². The van der Waals surface area contributed by atoms with E-state index in [0.717, 1.165) is 11.1 Å². The molecule has 0 aliphatic carbocycles. The largest absolute Gasteiger partial charge is 0.756 e. The fourth-order valence-electron chi connectivity index (χ4n) is 3.12. The zero-order valence-electron chi connectivity index (χ0n) is 17.4. The van der Waals surface area contributed by atoms with Crippen molar-refractivity contribution in [1.82, 2.24) is 10.1 Å². The van der Waals surface area contributed by atoms with Gasteiger partial charge >= 0.3 is 0 Å². The van der Waals surface area contributed by atoms with Crippen LogP contribution in [0, 0.1) is 0 Å². The molecule has 0 bridgehead atoms. The molecule has 0 aliphatic rings. The summed E-state index contributed by atoms with van der Waals surface area (Å²) in [6.07, 6.45) is 3.66. The first kappa shape index (κ1) is 22.6. The molecular formula is C22H21N4O6P. The molecule has 3 N–H and O–H groups in total. The van der Waals surface area contributed by atoms with Crippen LogP contribution in [0.5, 0.6) is 5.88 Å². The molecule has 1 aromatic carbocycles. The van der Waals surface area contributed by atoms with E-state index in [1.165, 1.54) is 10.8 Å². The first-order chi connectivity index (χ1) is 15.9. The number of nitrogen functional groups attached to an aromatic ring is 1. The number of pyridine rings is 2. The molecule has 0 fully saturated rings. The molecule has 0 amide bonds. The minimum atomic E-state index is -4.88. The third kappa shape index (κ3) is 6.24. The summed E-state index contributed by atoms with van der Waals surface area (Å²) in [5.74, 6) is 1.10. The lowest BCUT2D eigenvalue weighted by molar-refractivity contribution is -0.712. The van der Waals surface area contributed by atoms with Crippen molar-refractivity contribution < 1.29 is 32.7 Å². The van der Waals surface area contributed by atoms with Crippen LogP contribution in [-0.4, -0.2) is 15.0 Å². The lowest BCUT2D eigenvalue weighted by atomic mass is 10.1. The molecule has 4 aromatic rings. The van der Waals surface area contributed by atoms with E-state index in [1.54, 1.807) is 24.4 Å². The molecule has 0 aliphatic heterocycles. The van der Waals surface area contributed by atoms with Gasteiger partial charge in [0.1, 0.15) is 12.2 Å². The summed E-state index contributed by atoms with van der Waals surface area (Å²) in [6.45, 7) is -0.0544. The summed E-state index contributed by atoms with van der Waals surface area (Å²) in [4.78, 5) is 23.9. The Bertz CT molecular complexity index is 1270. The highest BCUT2D eigenvalue weighted by atomic mass is 31.2. The Labute approximate surface area is 189 Å². The summed E-state index contributed by atoms with van der Waals surface area (Å²) < 4.78 is 27.8. The van der Waals surface area contributed by atoms with E-state index >= 15 is 0 Å². The Kier molecular flexibility index (Phi) is 6.81. The molecule has 4 rings (SSSR count). The molecule has 1 unspecified atom stereocenters. The second-order valence-electron chi connectivity index (χ2n) is 7.14. The zero-order chi connectivity index (χ0) is 23.3. The van der Waals surface area contributed by atoms with Gasteiger partial charge in [0.2, 0.25) is 5.88 Å². The molecule has 10 nitrogen and oxygen atoms in total. The number of anilines is 1. The number of nitrogens with zero attached hydrogens (tertiary/aromatic N) is 3. The molecule has 0 saturated carbocycles. The topological polar surface area (TPSA) is 148 Å². The van der Waals surface area contributed by atoms with Crippen LogP contribution in [0.2, 0.25) is 0 Å². The van der Waals surface area contributed by atoms with Gasteiger partial charge < -0.3 is 19.0 Å². The molecule has 0 radical (unpaired) electrons. The van der Waals surface area contributed by atoms with Gasteiger partial charge in [-0.05, 0) is 29.3 Å². The molecule has 33 heavy (non-hydrogen) atoms. The second-order valence-corrected chi connectivity index (χ2v) is 8.33. The zero-order valence-corrected chi connectivity index (χ0v) is 18.3. The molecule has 3 heterocycles. The number of aromatic nitrogens is 3. The lowest BCUT2D eigenvalue weighted by Crippen LogP contribution is -2.38. The highest BCUT2D eigenvalue weighted by Gasteiger charge is 2.18. The summed E-state index contributed by atoms with van der Waals surface area (Å²) in [7, 11) is -4.88. The molecule has 0 saturated heterocycles. The van der Waals surface area contributed by atoms with Crippen LogP contribution in [0.25, 0.3) is 11.3 Å². The monoisotopic (exact) mass is 468 g/mol. The van der Waals surface area contributed by atoms with Crippen LogP contribution in [0.4, 0.5) is 5.82 Å². The van der Waals surface area contributed by atoms with E-state index < -0.39 is 14.6 Å². The predicted molar refractivity (Wildman–Crippen MR) is 115 cm³/mol. The van der Waals surface area contributed by atoms with Crippen LogP contribution < -0.4 is 19.9 Å². The maximum atomic E-state index is 10.8. The van der Waals surface area contributed by atoms with Crippen molar-refractivity contribution in [2.75, 3.05) is 5.73 Å². The Morgan fingerprint density at radius 1 is 1.12 bits per heavy atom. The van der Waals surface area contributed by atoms with Crippen LogP contribution >= 0.6 is 7.82 Å². The number of phosphoric ester groups is 1. The molecular weight excluding hydrogens is 447 g/mol. The van der Waals surface area contributed by atoms with Gasteiger partial charge in [0.25, 0.3) is 13.6 Å². The summed E-state index contributed by atoms with van der Waals surface area (Å²) in [5, 5.41) is 4.10. The van der Waals surface area contributed by atoms with Gasteiger partial charge in [0, 0.05) is 24.8 Å². The predicted octanol–water partition coefficient (Wildman–Crippen LogP) is 2.21. The van der Waals surface area contributed by atoms with Crippen molar-refractivity contribution in [3.8, 4) is 17.2 Å². The van der Waals surface area contributed by atoms with E-state index in [4.69, 9.17) is 19.9 Å². The highest BCUT2D eigenvalue weighted by Crippen LogP contribution is 2.30. The lowest BCUT2D eigenvalue weighted by Gasteiger charge is -2.14. The van der Waals surface area contributed by atoms with Gasteiger partial charge in [-0.3, -0.25) is 14.8 Å². The third-order valence-electron chi connectivity index (χ3n) is 4.71. The molecule has 170 valence electrons. The average Bonchev–Trinajstić information content (AvgIpc) is 3.25. The number of nitrogens with two attached hydrogens (primary N) is 1. The van der Waals surface area contributed by atoms with Crippen molar-refractivity contribution in [2.24, 2.45) is 0 Å². The third-order valence-corrected chi connectivity index (χ3v) is 5.15. The van der Waals surface area contributed by atoms with Gasteiger partial charge in [0.05, 0.1) is 11.9 Å². The van der Waals surface area contributed by atoms with E-state index in [9.17, 15) is 9.46 Å². The first-order valence-electron chi connectivity index (χ1n) is 9.91. The SMILES string of the molecule is Nc1c(-c2cc(Cc3ccnc(OCc4ccccc4)c3)no2)ccc[n+]1COP(=O)([O-])O. The smallest absolute Gasteiger partial charge is 0.285 e. The summed E-state index contributed by atoms with van der Waals surface area (Å²) in [5.41, 5.74) is 9.25. The van der Waals surface area contributed by atoms with Crippen molar-refractivity contribution in [2.45, 2.75) is 19.8 Å². The van der Waals surface area contributed by atoms with Crippen LogP contribution in [0.3, 0.4) is 0 Å². The van der Waals surface area contributed by atoms with Crippen LogP contribution in [0.15, 0.2) is 77.6 Å². The Morgan fingerprint density at radius 3 is 2.73 bits per heavy atom. The summed E-state index contributed by atoms with van der Waals surface area (Å²) in [6, 6.07) is 18.6. The maximum Gasteiger partial charge on any atom is 0.285 e. The van der Waals surface area contributed by atoms with Gasteiger partial charge in [-0.25, -0.2) is 9.55 Å².